The zero-order chi connectivity index (χ0) is 23.5. The zero-order valence-corrected chi connectivity index (χ0v) is 19.2. The van der Waals surface area contributed by atoms with Crippen LogP contribution in [-0.2, 0) is 6.42 Å². The van der Waals surface area contributed by atoms with Gasteiger partial charge in [-0.3, -0.25) is 9.78 Å². The Kier molecular flexibility index (Phi) is 6.08. The van der Waals surface area contributed by atoms with Gasteiger partial charge in [-0.15, -0.1) is 0 Å². The van der Waals surface area contributed by atoms with E-state index in [1.165, 1.54) is 12.8 Å². The normalized spacial score (nSPS) is 16.5. The second-order valence-electron chi connectivity index (χ2n) is 8.86. The van der Waals surface area contributed by atoms with E-state index in [2.05, 4.69) is 44.2 Å². The number of hydrogen-bond donors (Lipinski definition) is 2. The van der Waals surface area contributed by atoms with Gasteiger partial charge in [0.1, 0.15) is 11.6 Å². The molecular weight excluding hydrogens is 424 g/mol. The zero-order valence-electron chi connectivity index (χ0n) is 19.2. The molecule has 1 aliphatic rings. The first-order valence-corrected chi connectivity index (χ1v) is 11.6. The number of pyridine rings is 3. The first-order valence-electron chi connectivity index (χ1n) is 11.6. The van der Waals surface area contributed by atoms with E-state index in [0.717, 1.165) is 34.3 Å². The Labute approximate surface area is 199 Å². The molecule has 2 atom stereocenters. The summed E-state index contributed by atoms with van der Waals surface area (Å²) >= 11 is 0. The first kappa shape index (κ1) is 21.8. The molecule has 1 fully saturated rings. The second-order valence-corrected chi connectivity index (χ2v) is 8.86. The Morgan fingerprint density at radius 3 is 2.82 bits per heavy atom. The smallest absolute Gasteiger partial charge is 0.253 e. The van der Waals surface area contributed by atoms with E-state index in [1.807, 2.05) is 30.5 Å². The van der Waals surface area contributed by atoms with Gasteiger partial charge in [-0.05, 0) is 73.0 Å². The van der Waals surface area contributed by atoms with Crippen LogP contribution in [0.25, 0.3) is 10.8 Å². The van der Waals surface area contributed by atoms with Crippen LogP contribution in [0.5, 0.6) is 0 Å². The van der Waals surface area contributed by atoms with Crippen molar-refractivity contribution in [2.75, 3.05) is 17.2 Å². The number of rotatable bonds is 6. The molecule has 7 heteroatoms. The predicted molar refractivity (Wildman–Crippen MR) is 135 cm³/mol. The quantitative estimate of drug-likeness (QED) is 0.452. The van der Waals surface area contributed by atoms with Crippen molar-refractivity contribution in [1.29, 1.82) is 0 Å². The fraction of sp³-hybridized carbons (Fsp3) is 0.259. The summed E-state index contributed by atoms with van der Waals surface area (Å²) in [6.07, 6.45) is 9.77. The van der Waals surface area contributed by atoms with E-state index in [1.54, 1.807) is 30.7 Å². The summed E-state index contributed by atoms with van der Waals surface area (Å²) in [6.45, 7) is 3.24. The monoisotopic (exact) mass is 452 g/mol. The van der Waals surface area contributed by atoms with E-state index in [4.69, 9.17) is 5.73 Å². The van der Waals surface area contributed by atoms with Gasteiger partial charge in [0.2, 0.25) is 0 Å². The van der Waals surface area contributed by atoms with Gasteiger partial charge in [-0.1, -0.05) is 18.2 Å². The van der Waals surface area contributed by atoms with Gasteiger partial charge in [0, 0.05) is 42.8 Å². The molecule has 3 N–H and O–H groups in total. The molecule has 0 radical (unpaired) electrons. The summed E-state index contributed by atoms with van der Waals surface area (Å²) in [5.41, 5.74) is 8.69. The van der Waals surface area contributed by atoms with Crippen molar-refractivity contribution in [2.45, 2.75) is 38.3 Å². The molecule has 0 aliphatic carbocycles. The number of nitrogens with two attached hydrogens (primary N) is 1. The lowest BCUT2D eigenvalue weighted by atomic mass is 9.97. The highest BCUT2D eigenvalue weighted by Gasteiger charge is 2.23. The molecule has 4 heterocycles. The van der Waals surface area contributed by atoms with Gasteiger partial charge in [0.25, 0.3) is 5.91 Å². The summed E-state index contributed by atoms with van der Waals surface area (Å²) in [5, 5.41) is 5.18. The average Bonchev–Trinajstić information content (AvgIpc) is 3.30. The van der Waals surface area contributed by atoms with Crippen LogP contribution in [0, 0.1) is 0 Å². The number of aromatic nitrogens is 3. The highest BCUT2D eigenvalue weighted by atomic mass is 16.1. The maximum Gasteiger partial charge on any atom is 0.253 e. The van der Waals surface area contributed by atoms with Crippen LogP contribution < -0.4 is 16.0 Å². The molecule has 5 rings (SSSR count). The summed E-state index contributed by atoms with van der Waals surface area (Å²) in [7, 11) is 0. The van der Waals surface area contributed by atoms with Gasteiger partial charge in [0.05, 0.1) is 11.6 Å². The summed E-state index contributed by atoms with van der Waals surface area (Å²) in [4.78, 5) is 28.3. The predicted octanol–water partition coefficient (Wildman–Crippen LogP) is 4.31. The number of carbonyl (C=O) groups excluding carboxylic acids is 1. The standard InChI is InChI=1S/C27H28N6O/c1-18-4-3-13-33(18)25-16-21(9-11-30-25)24(32-27(34)22-5-2-10-29-17-22)15-19-6-7-23-20(14-19)8-12-31-26(23)28/h2,5-12,14,16-18,24H,3-4,13,15H2,1H3,(H2,28,31)(H,32,34). The van der Waals surface area contributed by atoms with Crippen molar-refractivity contribution in [1.82, 2.24) is 20.3 Å². The minimum Gasteiger partial charge on any atom is -0.383 e. The summed E-state index contributed by atoms with van der Waals surface area (Å²) in [6, 6.07) is 16.0. The molecule has 34 heavy (non-hydrogen) atoms. The number of nitrogens with one attached hydrogen (secondary N) is 1. The Hall–Kier alpha value is -4.00. The van der Waals surface area contributed by atoms with Gasteiger partial charge in [-0.2, -0.15) is 0 Å². The SMILES string of the molecule is CC1CCCN1c1cc(C(Cc2ccc3c(N)nccc3c2)NC(=O)c2cccnc2)ccn1. The molecule has 2 unspecified atom stereocenters. The van der Waals surface area contributed by atoms with Crippen molar-refractivity contribution in [2.24, 2.45) is 0 Å². The summed E-state index contributed by atoms with van der Waals surface area (Å²) in [5.74, 6) is 1.32. The van der Waals surface area contributed by atoms with Crippen molar-refractivity contribution in [3.8, 4) is 0 Å². The third-order valence-electron chi connectivity index (χ3n) is 6.55. The van der Waals surface area contributed by atoms with Gasteiger partial charge < -0.3 is 16.0 Å². The maximum atomic E-state index is 13.1. The van der Waals surface area contributed by atoms with Gasteiger partial charge in [0.15, 0.2) is 0 Å². The average molecular weight is 453 g/mol. The van der Waals surface area contributed by atoms with Crippen LogP contribution in [-0.4, -0.2) is 33.4 Å². The van der Waals surface area contributed by atoms with E-state index in [0.29, 0.717) is 23.8 Å². The summed E-state index contributed by atoms with van der Waals surface area (Å²) < 4.78 is 0. The third kappa shape index (κ3) is 4.55. The van der Waals surface area contributed by atoms with Gasteiger partial charge >= 0.3 is 0 Å². The van der Waals surface area contributed by atoms with Crippen LogP contribution in [0.3, 0.4) is 0 Å². The topological polar surface area (TPSA) is 97.0 Å². The van der Waals surface area contributed by atoms with Crippen LogP contribution in [0.2, 0.25) is 0 Å². The number of nitrogens with zero attached hydrogens (tertiary/aromatic N) is 4. The lowest BCUT2D eigenvalue weighted by Gasteiger charge is -2.25. The molecule has 4 aromatic rings. The highest BCUT2D eigenvalue weighted by molar-refractivity contribution is 5.94. The molecule has 3 aromatic heterocycles. The lowest BCUT2D eigenvalue weighted by Crippen LogP contribution is -2.31. The Morgan fingerprint density at radius 2 is 2.03 bits per heavy atom. The fourth-order valence-corrected chi connectivity index (χ4v) is 4.69. The van der Waals surface area contributed by atoms with Crippen molar-refractivity contribution >= 4 is 28.3 Å². The Morgan fingerprint density at radius 1 is 1.15 bits per heavy atom. The number of amides is 1. The number of carbonyl (C=O) groups is 1. The van der Waals surface area contributed by atoms with Crippen molar-refractivity contribution < 1.29 is 4.79 Å². The molecule has 7 nitrogen and oxygen atoms in total. The maximum absolute atomic E-state index is 13.1. The van der Waals surface area contributed by atoms with Crippen molar-refractivity contribution in [3.05, 3.63) is 90.0 Å². The molecule has 1 aliphatic heterocycles. The number of nitrogen functional groups attached to an aromatic ring is 1. The minimum atomic E-state index is -0.232. The van der Waals surface area contributed by atoms with Crippen LogP contribution in [0.1, 0.15) is 47.3 Å². The van der Waals surface area contributed by atoms with E-state index in [-0.39, 0.29) is 11.9 Å². The van der Waals surface area contributed by atoms with E-state index >= 15 is 0 Å². The number of fused-ring (bicyclic) bond motifs is 1. The van der Waals surface area contributed by atoms with E-state index < -0.39 is 0 Å². The fourth-order valence-electron chi connectivity index (χ4n) is 4.69. The molecule has 1 amide bonds. The highest BCUT2D eigenvalue weighted by Crippen LogP contribution is 2.28. The molecule has 1 saturated heterocycles. The Bertz CT molecular complexity index is 1310. The lowest BCUT2D eigenvalue weighted by molar-refractivity contribution is 0.0936. The van der Waals surface area contributed by atoms with E-state index in [9.17, 15) is 4.79 Å². The molecular formula is C27H28N6O. The van der Waals surface area contributed by atoms with Crippen molar-refractivity contribution in [3.63, 3.8) is 0 Å². The largest absolute Gasteiger partial charge is 0.383 e. The second kappa shape index (κ2) is 9.47. The molecule has 0 saturated carbocycles. The minimum absolute atomic E-state index is 0.153. The first-order chi connectivity index (χ1) is 16.6. The van der Waals surface area contributed by atoms with Crippen LogP contribution in [0.4, 0.5) is 11.6 Å². The molecule has 0 spiro atoms. The molecule has 0 bridgehead atoms. The number of anilines is 2. The molecule has 172 valence electrons. The number of benzene rings is 1. The molecule has 1 aromatic carbocycles. The van der Waals surface area contributed by atoms with Gasteiger partial charge in [-0.25, -0.2) is 9.97 Å². The third-order valence-corrected chi connectivity index (χ3v) is 6.55. The Balaban J connectivity index is 1.48. The number of hydrogen-bond acceptors (Lipinski definition) is 6. The van der Waals surface area contributed by atoms with Crippen LogP contribution in [0.15, 0.2) is 73.3 Å². The van der Waals surface area contributed by atoms with Crippen LogP contribution >= 0.6 is 0 Å².